The molecule has 184 valence electrons. The maximum atomic E-state index is 3.59. The minimum Gasteiger partial charge on any atom is -0.356 e. The summed E-state index contributed by atoms with van der Waals surface area (Å²) in [6.07, 6.45) is 18.8. The van der Waals surface area contributed by atoms with Crippen molar-refractivity contribution in [2.24, 2.45) is 11.8 Å². The lowest BCUT2D eigenvalue weighted by molar-refractivity contribution is 0.439. The van der Waals surface area contributed by atoms with Crippen molar-refractivity contribution in [1.29, 1.82) is 0 Å². The van der Waals surface area contributed by atoms with Gasteiger partial charge in [0.1, 0.15) is 0 Å². The van der Waals surface area contributed by atoms with Crippen LogP contribution < -0.4 is 5.32 Å². The predicted molar refractivity (Wildman–Crippen MR) is 149 cm³/mol. The zero-order chi connectivity index (χ0) is 23.7. The molecule has 0 bridgehead atoms. The molecule has 1 heteroatoms. The molecular formula is C32H51N. The van der Waals surface area contributed by atoms with Gasteiger partial charge in [0, 0.05) is 11.4 Å². The Morgan fingerprint density at radius 3 is 1.24 bits per heavy atom. The highest BCUT2D eigenvalue weighted by Crippen LogP contribution is 2.24. The molecule has 2 atom stereocenters. The van der Waals surface area contributed by atoms with E-state index in [-0.39, 0.29) is 0 Å². The van der Waals surface area contributed by atoms with E-state index in [4.69, 9.17) is 0 Å². The van der Waals surface area contributed by atoms with Gasteiger partial charge in [0.25, 0.3) is 0 Å². The lowest BCUT2D eigenvalue weighted by atomic mass is 9.91. The Morgan fingerprint density at radius 2 is 0.909 bits per heavy atom. The topological polar surface area (TPSA) is 12.0 Å². The number of hydrogen-bond donors (Lipinski definition) is 1. The third-order valence-electron chi connectivity index (χ3n) is 7.33. The second-order valence-electron chi connectivity index (χ2n) is 10.2. The molecule has 0 saturated carbocycles. The molecular weight excluding hydrogens is 398 g/mol. The van der Waals surface area contributed by atoms with Gasteiger partial charge >= 0.3 is 0 Å². The van der Waals surface area contributed by atoms with E-state index >= 15 is 0 Å². The van der Waals surface area contributed by atoms with Crippen LogP contribution in [0.4, 0.5) is 11.4 Å². The average molecular weight is 450 g/mol. The molecule has 0 saturated heterocycles. The van der Waals surface area contributed by atoms with Crippen molar-refractivity contribution < 1.29 is 0 Å². The zero-order valence-corrected chi connectivity index (χ0v) is 22.2. The quantitative estimate of drug-likeness (QED) is 0.223. The van der Waals surface area contributed by atoms with E-state index in [0.29, 0.717) is 0 Å². The Hall–Kier alpha value is -1.76. The fourth-order valence-electron chi connectivity index (χ4n) is 4.90. The minimum atomic E-state index is 0.826. The summed E-state index contributed by atoms with van der Waals surface area (Å²) in [6, 6.07) is 18.2. The molecule has 0 heterocycles. The molecule has 0 spiro atoms. The fraction of sp³-hybridized carbons (Fsp3) is 0.625. The van der Waals surface area contributed by atoms with Crippen molar-refractivity contribution in [3.63, 3.8) is 0 Å². The molecule has 0 aromatic heterocycles. The predicted octanol–water partition coefficient (Wildman–Crippen LogP) is 10.5. The first kappa shape index (κ1) is 27.5. The van der Waals surface area contributed by atoms with Crippen molar-refractivity contribution in [3.05, 3.63) is 59.7 Å². The van der Waals surface area contributed by atoms with Crippen LogP contribution >= 0.6 is 0 Å². The number of unbranched alkanes of at least 4 members (excludes halogenated alkanes) is 6. The third-order valence-corrected chi connectivity index (χ3v) is 7.33. The van der Waals surface area contributed by atoms with Crippen LogP contribution in [0.25, 0.3) is 0 Å². The van der Waals surface area contributed by atoms with Gasteiger partial charge in [-0.2, -0.15) is 0 Å². The Morgan fingerprint density at radius 1 is 0.515 bits per heavy atom. The average Bonchev–Trinajstić information content (AvgIpc) is 2.85. The van der Waals surface area contributed by atoms with Crippen LogP contribution in [0.2, 0.25) is 0 Å². The summed E-state index contributed by atoms with van der Waals surface area (Å²) in [5.74, 6) is 1.65. The highest BCUT2D eigenvalue weighted by atomic mass is 14.9. The minimum absolute atomic E-state index is 0.826. The van der Waals surface area contributed by atoms with Crippen LogP contribution in [-0.2, 0) is 12.8 Å². The van der Waals surface area contributed by atoms with E-state index < -0.39 is 0 Å². The SMILES string of the molecule is CCCCCCC(CC)Cc1ccc(Nc2ccc(CC(CC)CCCCCC)cc2)cc1. The highest BCUT2D eigenvalue weighted by Gasteiger charge is 2.09. The summed E-state index contributed by atoms with van der Waals surface area (Å²) in [5, 5.41) is 3.59. The van der Waals surface area contributed by atoms with E-state index in [0.717, 1.165) is 11.8 Å². The Labute approximate surface area is 205 Å². The first-order valence-electron chi connectivity index (χ1n) is 14.1. The first-order valence-corrected chi connectivity index (χ1v) is 14.1. The van der Waals surface area contributed by atoms with E-state index in [1.54, 1.807) is 0 Å². The molecule has 1 nitrogen and oxygen atoms in total. The van der Waals surface area contributed by atoms with E-state index in [1.165, 1.54) is 112 Å². The van der Waals surface area contributed by atoms with Gasteiger partial charge in [0.2, 0.25) is 0 Å². The van der Waals surface area contributed by atoms with Gasteiger partial charge in [-0.15, -0.1) is 0 Å². The normalized spacial score (nSPS) is 13.1. The summed E-state index contributed by atoms with van der Waals surface area (Å²) in [4.78, 5) is 0. The van der Waals surface area contributed by atoms with Crippen molar-refractivity contribution >= 4 is 11.4 Å². The van der Waals surface area contributed by atoms with Gasteiger partial charge < -0.3 is 5.32 Å². The van der Waals surface area contributed by atoms with Gasteiger partial charge in [-0.25, -0.2) is 0 Å². The maximum Gasteiger partial charge on any atom is 0.0384 e. The van der Waals surface area contributed by atoms with Crippen LogP contribution in [0.5, 0.6) is 0 Å². The molecule has 0 aliphatic rings. The molecule has 0 radical (unpaired) electrons. The third kappa shape index (κ3) is 11.3. The van der Waals surface area contributed by atoms with Gasteiger partial charge in [-0.1, -0.05) is 129 Å². The molecule has 2 aromatic carbocycles. The Bertz CT molecular complexity index is 652. The van der Waals surface area contributed by atoms with Crippen molar-refractivity contribution in [3.8, 4) is 0 Å². The summed E-state index contributed by atoms with van der Waals surface area (Å²) < 4.78 is 0. The zero-order valence-electron chi connectivity index (χ0n) is 22.2. The van der Waals surface area contributed by atoms with Crippen LogP contribution in [-0.4, -0.2) is 0 Å². The lowest BCUT2D eigenvalue weighted by Crippen LogP contribution is -2.04. The largest absolute Gasteiger partial charge is 0.356 e. The monoisotopic (exact) mass is 449 g/mol. The van der Waals surface area contributed by atoms with Crippen LogP contribution in [0.15, 0.2) is 48.5 Å². The molecule has 33 heavy (non-hydrogen) atoms. The molecule has 0 aliphatic carbocycles. The Balaban J connectivity index is 1.80. The molecule has 1 N–H and O–H groups in total. The van der Waals surface area contributed by atoms with E-state index in [2.05, 4.69) is 81.5 Å². The standard InChI is InChI=1S/C32H51N/c1-5-9-11-13-15-27(7-3)25-29-17-21-31(22-18-29)33-32-23-19-30(20-24-32)26-28(8-4)16-14-12-10-6-2/h17-24,27-28,33H,5-16,25-26H2,1-4H3. The van der Waals surface area contributed by atoms with Crippen molar-refractivity contribution in [2.45, 2.75) is 118 Å². The smallest absolute Gasteiger partial charge is 0.0384 e. The summed E-state index contributed by atoms with van der Waals surface area (Å²) in [5.41, 5.74) is 5.32. The summed E-state index contributed by atoms with van der Waals surface area (Å²) in [7, 11) is 0. The number of nitrogens with one attached hydrogen (secondary N) is 1. The lowest BCUT2D eigenvalue weighted by Gasteiger charge is -2.16. The van der Waals surface area contributed by atoms with Crippen LogP contribution in [0.1, 0.15) is 116 Å². The van der Waals surface area contributed by atoms with Crippen LogP contribution in [0, 0.1) is 11.8 Å². The highest BCUT2D eigenvalue weighted by molar-refractivity contribution is 5.60. The van der Waals surface area contributed by atoms with Gasteiger partial charge in [0.05, 0.1) is 0 Å². The fourth-order valence-corrected chi connectivity index (χ4v) is 4.90. The molecule has 2 unspecified atom stereocenters. The molecule has 0 fully saturated rings. The van der Waals surface area contributed by atoms with Crippen LogP contribution in [0.3, 0.4) is 0 Å². The molecule has 2 aromatic rings. The first-order chi connectivity index (χ1) is 16.2. The molecule has 0 amide bonds. The second-order valence-corrected chi connectivity index (χ2v) is 10.2. The number of hydrogen-bond acceptors (Lipinski definition) is 1. The second kappa shape index (κ2) is 16.8. The van der Waals surface area contributed by atoms with Crippen molar-refractivity contribution in [2.75, 3.05) is 5.32 Å². The van der Waals surface area contributed by atoms with E-state index in [9.17, 15) is 0 Å². The van der Waals surface area contributed by atoms with Gasteiger partial charge in [-0.05, 0) is 60.1 Å². The van der Waals surface area contributed by atoms with E-state index in [1.807, 2.05) is 0 Å². The number of rotatable bonds is 18. The van der Waals surface area contributed by atoms with Gasteiger partial charge in [0.15, 0.2) is 0 Å². The van der Waals surface area contributed by atoms with Crippen molar-refractivity contribution in [1.82, 2.24) is 0 Å². The Kier molecular flexibility index (Phi) is 14.0. The number of benzene rings is 2. The van der Waals surface area contributed by atoms with Gasteiger partial charge in [-0.3, -0.25) is 0 Å². The molecule has 2 rings (SSSR count). The maximum absolute atomic E-state index is 3.59. The summed E-state index contributed by atoms with van der Waals surface area (Å²) in [6.45, 7) is 9.28. The molecule has 0 aliphatic heterocycles. The summed E-state index contributed by atoms with van der Waals surface area (Å²) >= 11 is 0. The number of anilines is 2.